The van der Waals surface area contributed by atoms with E-state index in [1.54, 1.807) is 0 Å². The number of fused-ring (bicyclic) bond motifs is 3. The van der Waals surface area contributed by atoms with Crippen LogP contribution in [-0.4, -0.2) is 37.0 Å². The Labute approximate surface area is 342 Å². The first kappa shape index (κ1) is 30.5. The molecule has 1 N–H and O–H groups in total. The molecule has 5 aliphatic carbocycles. The number of carbonyl (C=O) groups is 1. The van der Waals surface area contributed by atoms with Gasteiger partial charge in [-0.1, -0.05) is 91.0 Å². The van der Waals surface area contributed by atoms with E-state index in [4.69, 9.17) is 14.6 Å². The zero-order valence-electron chi connectivity index (χ0n) is 32.3. The normalized spacial score (nSPS) is 23.6. The van der Waals surface area contributed by atoms with Gasteiger partial charge in [0.2, 0.25) is 0 Å². The van der Waals surface area contributed by atoms with E-state index < -0.39 is 29.0 Å². The van der Waals surface area contributed by atoms with Gasteiger partial charge in [-0.3, -0.25) is 4.79 Å². The molecule has 6 heteroatoms. The number of allylic oxidation sites excluding steroid dienone is 2. The summed E-state index contributed by atoms with van der Waals surface area (Å²) >= 11 is 0. The van der Waals surface area contributed by atoms with E-state index in [0.29, 0.717) is 6.42 Å². The Hall–Kier alpha value is -6.47. The van der Waals surface area contributed by atoms with Crippen molar-refractivity contribution in [1.29, 1.82) is 0 Å². The van der Waals surface area contributed by atoms with Crippen LogP contribution < -0.4 is 10.4 Å². The zero-order chi connectivity index (χ0) is 39.6. The van der Waals surface area contributed by atoms with Crippen LogP contribution in [-0.2, 0) is 30.5 Å². The van der Waals surface area contributed by atoms with Gasteiger partial charge in [0.25, 0.3) is 0 Å². The van der Waals surface area contributed by atoms with Crippen LogP contribution in [0.5, 0.6) is 0 Å². The SMILES string of the molecule is O=C(CCCC1(c2ccccc2)C23C4=c5ccc6c7ccc8c9ccc%10c%11ccc%12c%13c(c%14c%15c2c5c6c2c7c8c5c9c%10c(c%13%11)c%14c5c%152)C13C=%12C=C4)OCCOCC(O)(F)F. The Kier molecular flexibility index (Phi) is 4.34. The number of halogens is 2. The van der Waals surface area contributed by atoms with Crippen molar-refractivity contribution in [3.8, 4) is 0 Å². The number of carbonyl (C=O) groups excluding carboxylic acids is 1. The van der Waals surface area contributed by atoms with Crippen molar-refractivity contribution in [2.75, 3.05) is 19.8 Å². The Morgan fingerprint density at radius 2 is 0.984 bits per heavy atom. The number of esters is 1. The number of rotatable bonds is 10. The molecule has 1 fully saturated rings. The second kappa shape index (κ2) is 8.67. The molecule has 13 aromatic carbocycles. The van der Waals surface area contributed by atoms with Crippen molar-refractivity contribution in [3.05, 3.63) is 118 Å². The zero-order valence-corrected chi connectivity index (χ0v) is 32.3. The van der Waals surface area contributed by atoms with Crippen LogP contribution >= 0.6 is 0 Å². The predicted molar refractivity (Wildman–Crippen MR) is 238 cm³/mol. The summed E-state index contributed by atoms with van der Waals surface area (Å²) in [5, 5.41) is 43.0. The first-order chi connectivity index (χ1) is 29.9. The molecule has 5 aliphatic rings. The van der Waals surface area contributed by atoms with Gasteiger partial charge in [0.15, 0.2) is 0 Å². The standard InChI is InChI=1S/C55H28F2O4/c56-53(57,59)21-60-19-20-61-33(58)7-4-18-52(22-5-2-1-3-6-22)54-31-16-17-32-30-15-13-28-26-11-9-24-23-8-10-25-27-12-14-29(31)40-38(27)43-36(25)34(23)42-35(24)37(26)44-39(28)41(30)51(55(32,52)54)49-47(44)45(42)46(43)48(49)50(40)54/h1-3,5-6,8-17,59H,4,7,18-21H2. The fourth-order valence-corrected chi connectivity index (χ4v) is 16.5. The first-order valence-electron chi connectivity index (χ1n) is 21.7. The topological polar surface area (TPSA) is 55.8 Å². The summed E-state index contributed by atoms with van der Waals surface area (Å²) in [5.41, 5.74) is 5.93. The molecule has 0 radical (unpaired) electrons. The predicted octanol–water partition coefficient (Wildman–Crippen LogP) is 10.5. The van der Waals surface area contributed by atoms with Crippen molar-refractivity contribution in [3.63, 3.8) is 0 Å². The molecule has 0 heterocycles. The molecule has 61 heavy (non-hydrogen) atoms. The summed E-state index contributed by atoms with van der Waals surface area (Å²) in [4.78, 5) is 13.5. The number of alkyl halides is 2. The Bertz CT molecular complexity index is 4170. The lowest BCUT2D eigenvalue weighted by atomic mass is 9.68. The number of aliphatic hydroxyl groups is 1. The van der Waals surface area contributed by atoms with Gasteiger partial charge in [-0.15, -0.1) is 0 Å². The van der Waals surface area contributed by atoms with Crippen LogP contribution in [0.2, 0.25) is 0 Å². The second-order valence-electron chi connectivity index (χ2n) is 19.1. The molecule has 2 atom stereocenters. The Morgan fingerprint density at radius 1 is 0.541 bits per heavy atom. The van der Waals surface area contributed by atoms with E-state index in [1.165, 1.54) is 157 Å². The van der Waals surface area contributed by atoms with Crippen LogP contribution in [0.25, 0.3) is 130 Å². The van der Waals surface area contributed by atoms with Gasteiger partial charge in [0.05, 0.1) is 6.61 Å². The van der Waals surface area contributed by atoms with Crippen LogP contribution in [0.3, 0.4) is 0 Å². The summed E-state index contributed by atoms with van der Waals surface area (Å²) in [5.74, 6) is -0.373. The molecule has 4 nitrogen and oxygen atoms in total. The van der Waals surface area contributed by atoms with Crippen molar-refractivity contribution in [1.82, 2.24) is 0 Å². The van der Waals surface area contributed by atoms with Crippen molar-refractivity contribution >= 4 is 136 Å². The fourth-order valence-electron chi connectivity index (χ4n) is 16.5. The van der Waals surface area contributed by atoms with Gasteiger partial charge < -0.3 is 14.6 Å². The van der Waals surface area contributed by atoms with Crippen LogP contribution in [0.15, 0.2) is 91.0 Å². The minimum Gasteiger partial charge on any atom is -0.463 e. The molecule has 0 amide bonds. The van der Waals surface area contributed by atoms with Gasteiger partial charge in [-0.05, 0) is 170 Å². The highest BCUT2D eigenvalue weighted by molar-refractivity contribution is 6.64. The minimum absolute atomic E-state index is 0.149. The number of ether oxygens (including phenoxy) is 2. The van der Waals surface area contributed by atoms with Gasteiger partial charge in [0, 0.05) is 22.7 Å². The van der Waals surface area contributed by atoms with E-state index in [1.807, 2.05) is 0 Å². The lowest BCUT2D eigenvalue weighted by molar-refractivity contribution is -0.232. The smallest absolute Gasteiger partial charge is 0.376 e. The lowest BCUT2D eigenvalue weighted by Crippen LogP contribution is -2.27. The second-order valence-corrected chi connectivity index (χ2v) is 19.1. The van der Waals surface area contributed by atoms with E-state index in [9.17, 15) is 13.6 Å². The van der Waals surface area contributed by atoms with E-state index in [0.717, 1.165) is 6.42 Å². The van der Waals surface area contributed by atoms with E-state index in [2.05, 4.69) is 91.0 Å². The molecule has 286 valence electrons. The third-order valence-corrected chi connectivity index (χ3v) is 17.5. The summed E-state index contributed by atoms with van der Waals surface area (Å²) in [6.45, 7) is -1.49. The Morgan fingerprint density at radius 3 is 1.48 bits per heavy atom. The largest absolute Gasteiger partial charge is 0.463 e. The van der Waals surface area contributed by atoms with Crippen molar-refractivity contribution < 1.29 is 28.2 Å². The van der Waals surface area contributed by atoms with Gasteiger partial charge >= 0.3 is 12.1 Å². The molecule has 0 aromatic heterocycles. The van der Waals surface area contributed by atoms with Gasteiger partial charge in [-0.25, -0.2) is 0 Å². The highest BCUT2D eigenvalue weighted by Crippen LogP contribution is 2.92. The molecule has 13 aromatic rings. The van der Waals surface area contributed by atoms with Gasteiger partial charge in [0.1, 0.15) is 13.2 Å². The number of hydrogen-bond donors (Lipinski definition) is 1. The molecular weight excluding hydrogens is 763 g/mol. The highest BCUT2D eigenvalue weighted by atomic mass is 19.3. The quantitative estimate of drug-likeness (QED) is 0.0852. The number of hydrogen-bond acceptors (Lipinski definition) is 4. The van der Waals surface area contributed by atoms with Crippen molar-refractivity contribution in [2.24, 2.45) is 0 Å². The third kappa shape index (κ3) is 2.52. The molecule has 0 bridgehead atoms. The molecular formula is C55H28F2O4. The average Bonchev–Trinajstić information content (AvgIpc) is 3.91. The summed E-state index contributed by atoms with van der Waals surface area (Å²) in [6, 6.07) is 30.6. The van der Waals surface area contributed by atoms with E-state index in [-0.39, 0.29) is 25.6 Å². The molecule has 0 aliphatic heterocycles. The maximum atomic E-state index is 13.5. The molecule has 2 unspecified atom stereocenters. The summed E-state index contributed by atoms with van der Waals surface area (Å²) in [6.07, 6.45) is 2.59. The van der Waals surface area contributed by atoms with Crippen LogP contribution in [0.4, 0.5) is 8.78 Å². The van der Waals surface area contributed by atoms with Crippen molar-refractivity contribution in [2.45, 2.75) is 41.6 Å². The summed E-state index contributed by atoms with van der Waals surface area (Å²) < 4.78 is 36.3. The van der Waals surface area contributed by atoms with E-state index >= 15 is 0 Å². The lowest BCUT2D eigenvalue weighted by Gasteiger charge is -2.32. The summed E-state index contributed by atoms with van der Waals surface area (Å²) in [7, 11) is 0. The minimum atomic E-state index is -3.92. The molecule has 1 saturated carbocycles. The monoisotopic (exact) mass is 790 g/mol. The van der Waals surface area contributed by atoms with Gasteiger partial charge in [-0.2, -0.15) is 8.78 Å². The first-order valence-corrected chi connectivity index (χ1v) is 21.7. The molecule has 18 rings (SSSR count). The maximum Gasteiger partial charge on any atom is 0.376 e. The van der Waals surface area contributed by atoms with Crippen LogP contribution in [0, 0.1) is 0 Å². The average molecular weight is 791 g/mol. The Balaban J connectivity index is 1.01. The highest BCUT2D eigenvalue weighted by Gasteiger charge is 2.93. The number of benzene rings is 9. The maximum absolute atomic E-state index is 13.5. The fraction of sp³-hybridized carbons (Fsp3) is 0.182. The third-order valence-electron chi connectivity index (χ3n) is 17.5. The van der Waals surface area contributed by atoms with Crippen LogP contribution in [0.1, 0.15) is 36.0 Å². The molecule has 0 saturated heterocycles. The molecule has 2 spiro atoms.